The van der Waals surface area contributed by atoms with Crippen LogP contribution in [0.15, 0.2) is 0 Å². The molecule has 1 fully saturated rings. The number of rotatable bonds is 4. The van der Waals surface area contributed by atoms with Gasteiger partial charge in [0.05, 0.1) is 12.6 Å². The minimum atomic E-state index is 0.150. The van der Waals surface area contributed by atoms with Crippen molar-refractivity contribution in [2.24, 2.45) is 0 Å². The van der Waals surface area contributed by atoms with Gasteiger partial charge in [0.1, 0.15) is 16.8 Å². The van der Waals surface area contributed by atoms with E-state index in [0.717, 1.165) is 49.4 Å². The van der Waals surface area contributed by atoms with Crippen LogP contribution >= 0.6 is 11.6 Å². The van der Waals surface area contributed by atoms with E-state index < -0.39 is 0 Å². The van der Waals surface area contributed by atoms with Crippen LogP contribution in [0.3, 0.4) is 0 Å². The minimum absolute atomic E-state index is 0.150. The largest absolute Gasteiger partial charge is 0.394 e. The van der Waals surface area contributed by atoms with Crippen molar-refractivity contribution in [2.75, 3.05) is 18.1 Å². The molecule has 5 heteroatoms. The average molecular weight is 298 g/mol. The van der Waals surface area contributed by atoms with Crippen LogP contribution in [0.25, 0.3) is 0 Å². The Balaban J connectivity index is 2.37. The van der Waals surface area contributed by atoms with E-state index in [1.54, 1.807) is 0 Å². The highest BCUT2D eigenvalue weighted by Gasteiger charge is 2.24. The lowest BCUT2D eigenvalue weighted by atomic mass is 10.1. The van der Waals surface area contributed by atoms with Crippen LogP contribution in [0.1, 0.15) is 50.4 Å². The second kappa shape index (κ2) is 7.23. The summed E-state index contributed by atoms with van der Waals surface area (Å²) in [4.78, 5) is 11.3. The maximum atomic E-state index is 9.66. The van der Waals surface area contributed by atoms with E-state index in [4.69, 9.17) is 16.6 Å². The van der Waals surface area contributed by atoms with Gasteiger partial charge in [-0.05, 0) is 26.2 Å². The zero-order valence-corrected chi connectivity index (χ0v) is 13.2. The molecule has 1 aliphatic heterocycles. The van der Waals surface area contributed by atoms with Crippen LogP contribution in [0.4, 0.5) is 5.82 Å². The van der Waals surface area contributed by atoms with E-state index in [2.05, 4.69) is 16.8 Å². The van der Waals surface area contributed by atoms with Crippen LogP contribution in [-0.2, 0) is 6.42 Å². The molecule has 20 heavy (non-hydrogen) atoms. The van der Waals surface area contributed by atoms with Gasteiger partial charge in [-0.2, -0.15) is 0 Å². The highest BCUT2D eigenvalue weighted by atomic mass is 35.5. The predicted molar refractivity (Wildman–Crippen MR) is 82.5 cm³/mol. The Morgan fingerprint density at radius 3 is 2.80 bits per heavy atom. The van der Waals surface area contributed by atoms with Gasteiger partial charge in [0.15, 0.2) is 0 Å². The van der Waals surface area contributed by atoms with Crippen molar-refractivity contribution in [2.45, 2.75) is 58.4 Å². The molecule has 1 N–H and O–H groups in total. The topological polar surface area (TPSA) is 49.2 Å². The quantitative estimate of drug-likeness (QED) is 0.868. The molecule has 0 aromatic carbocycles. The normalized spacial score (nSPS) is 20.0. The van der Waals surface area contributed by atoms with Crippen LogP contribution in [0.5, 0.6) is 0 Å². The van der Waals surface area contributed by atoms with Crippen LogP contribution in [-0.4, -0.2) is 34.3 Å². The molecule has 2 heterocycles. The fourth-order valence-electron chi connectivity index (χ4n) is 2.78. The van der Waals surface area contributed by atoms with Crippen LogP contribution in [0.2, 0.25) is 5.15 Å². The number of anilines is 1. The monoisotopic (exact) mass is 297 g/mol. The zero-order chi connectivity index (χ0) is 14.5. The van der Waals surface area contributed by atoms with Gasteiger partial charge in [-0.3, -0.25) is 0 Å². The Bertz CT molecular complexity index is 453. The molecule has 1 aromatic rings. The Hall–Kier alpha value is -0.870. The first-order valence-corrected chi connectivity index (χ1v) is 7.95. The number of halogens is 1. The zero-order valence-electron chi connectivity index (χ0n) is 12.4. The van der Waals surface area contributed by atoms with Gasteiger partial charge in [-0.25, -0.2) is 9.97 Å². The lowest BCUT2D eigenvalue weighted by molar-refractivity contribution is 0.254. The summed E-state index contributed by atoms with van der Waals surface area (Å²) in [5, 5.41) is 10.2. The number of aliphatic hydroxyl groups excluding tert-OH is 1. The molecule has 0 bridgehead atoms. The summed E-state index contributed by atoms with van der Waals surface area (Å²) in [5.74, 6) is 1.72. The highest BCUT2D eigenvalue weighted by Crippen LogP contribution is 2.28. The first-order valence-electron chi connectivity index (χ1n) is 7.57. The molecular weight excluding hydrogens is 274 g/mol. The summed E-state index contributed by atoms with van der Waals surface area (Å²) in [5.41, 5.74) is 0.923. The molecule has 112 valence electrons. The summed E-state index contributed by atoms with van der Waals surface area (Å²) in [6, 6.07) is 0.150. The third-order valence-electron chi connectivity index (χ3n) is 3.94. The minimum Gasteiger partial charge on any atom is -0.394 e. The maximum absolute atomic E-state index is 9.66. The van der Waals surface area contributed by atoms with Gasteiger partial charge in [-0.15, -0.1) is 0 Å². The number of hydrogen-bond acceptors (Lipinski definition) is 4. The lowest BCUT2D eigenvalue weighted by Crippen LogP contribution is -2.39. The molecule has 1 aliphatic rings. The first kappa shape index (κ1) is 15.5. The van der Waals surface area contributed by atoms with Crippen molar-refractivity contribution in [3.8, 4) is 0 Å². The lowest BCUT2D eigenvalue weighted by Gasteiger charge is -2.31. The number of hydrogen-bond donors (Lipinski definition) is 1. The molecule has 1 saturated heterocycles. The maximum Gasteiger partial charge on any atom is 0.137 e. The molecule has 0 saturated carbocycles. The molecule has 0 radical (unpaired) electrons. The third-order valence-corrected chi connectivity index (χ3v) is 4.31. The number of nitrogens with zero attached hydrogens (tertiary/aromatic N) is 3. The van der Waals surface area contributed by atoms with Gasteiger partial charge in [0, 0.05) is 18.5 Å². The van der Waals surface area contributed by atoms with Gasteiger partial charge in [0.2, 0.25) is 0 Å². The Morgan fingerprint density at radius 1 is 1.30 bits per heavy atom. The molecule has 1 aromatic heterocycles. The predicted octanol–water partition coefficient (Wildman–Crippen LogP) is 3.13. The molecule has 4 nitrogen and oxygen atoms in total. The second-order valence-electron chi connectivity index (χ2n) is 5.51. The smallest absolute Gasteiger partial charge is 0.137 e. The molecule has 0 aliphatic carbocycles. The standard InChI is InChI=1S/C15H24ClN3O/c1-3-7-13-17-14(16)11(2)15(18-13)19-9-6-4-5-8-12(19)10-20/h12,20H,3-10H2,1-2H3. The number of aromatic nitrogens is 2. The van der Waals surface area contributed by atoms with Crippen LogP contribution in [0, 0.1) is 6.92 Å². The van der Waals surface area contributed by atoms with Crippen LogP contribution < -0.4 is 4.90 Å². The summed E-state index contributed by atoms with van der Waals surface area (Å²) in [7, 11) is 0. The SMILES string of the molecule is CCCc1nc(Cl)c(C)c(N2CCCCCC2CO)n1. The Morgan fingerprint density at radius 2 is 2.10 bits per heavy atom. The van der Waals surface area contributed by atoms with Crippen molar-refractivity contribution >= 4 is 17.4 Å². The summed E-state index contributed by atoms with van der Waals surface area (Å²) in [6.45, 7) is 5.18. The third kappa shape index (κ3) is 3.41. The number of aliphatic hydroxyl groups is 1. The summed E-state index contributed by atoms with van der Waals surface area (Å²) in [6.07, 6.45) is 6.38. The molecule has 1 unspecified atom stereocenters. The van der Waals surface area contributed by atoms with E-state index >= 15 is 0 Å². The van der Waals surface area contributed by atoms with Crippen molar-refractivity contribution < 1.29 is 5.11 Å². The van der Waals surface area contributed by atoms with Crippen molar-refractivity contribution in [3.05, 3.63) is 16.5 Å². The van der Waals surface area contributed by atoms with E-state index in [1.807, 2.05) is 6.92 Å². The fourth-order valence-corrected chi connectivity index (χ4v) is 2.96. The second-order valence-corrected chi connectivity index (χ2v) is 5.87. The molecule has 1 atom stereocenters. The van der Waals surface area contributed by atoms with E-state index in [1.165, 1.54) is 12.8 Å². The molecule has 0 amide bonds. The molecule has 0 spiro atoms. The summed E-state index contributed by atoms with van der Waals surface area (Å²) < 4.78 is 0. The van der Waals surface area contributed by atoms with Gasteiger partial charge in [-0.1, -0.05) is 31.4 Å². The average Bonchev–Trinajstić information content (AvgIpc) is 2.68. The van der Waals surface area contributed by atoms with Crippen molar-refractivity contribution in [3.63, 3.8) is 0 Å². The first-order chi connectivity index (χ1) is 9.67. The molecule has 2 rings (SSSR count). The molecular formula is C15H24ClN3O. The van der Waals surface area contributed by atoms with Crippen molar-refractivity contribution in [1.29, 1.82) is 0 Å². The van der Waals surface area contributed by atoms with Gasteiger partial charge in [0.25, 0.3) is 0 Å². The Kier molecular flexibility index (Phi) is 5.61. The fraction of sp³-hybridized carbons (Fsp3) is 0.733. The van der Waals surface area contributed by atoms with E-state index in [0.29, 0.717) is 5.15 Å². The van der Waals surface area contributed by atoms with E-state index in [9.17, 15) is 5.11 Å². The van der Waals surface area contributed by atoms with Gasteiger partial charge < -0.3 is 10.0 Å². The van der Waals surface area contributed by atoms with E-state index in [-0.39, 0.29) is 12.6 Å². The van der Waals surface area contributed by atoms with Gasteiger partial charge >= 0.3 is 0 Å². The van der Waals surface area contributed by atoms with Crippen molar-refractivity contribution in [1.82, 2.24) is 9.97 Å². The summed E-state index contributed by atoms with van der Waals surface area (Å²) >= 11 is 6.27. The Labute approximate surface area is 126 Å². The highest BCUT2D eigenvalue weighted by molar-refractivity contribution is 6.30. The number of aryl methyl sites for hydroxylation is 1.